The van der Waals surface area contributed by atoms with E-state index in [1.54, 1.807) is 12.3 Å². The number of hydrogen-bond donors (Lipinski definition) is 1. The van der Waals surface area contributed by atoms with Crippen molar-refractivity contribution >= 4 is 33.4 Å². The summed E-state index contributed by atoms with van der Waals surface area (Å²) in [4.78, 5) is 25.0. The van der Waals surface area contributed by atoms with Crippen molar-refractivity contribution in [3.8, 4) is 11.3 Å². The van der Waals surface area contributed by atoms with Crippen LogP contribution in [0.15, 0.2) is 46.7 Å². The van der Waals surface area contributed by atoms with Gasteiger partial charge in [-0.1, -0.05) is 12.1 Å². The predicted octanol–water partition coefficient (Wildman–Crippen LogP) is 6.89. The van der Waals surface area contributed by atoms with Crippen molar-refractivity contribution in [1.82, 2.24) is 4.98 Å². The number of aliphatic hydroxyl groups excluding tert-OH is 1. The summed E-state index contributed by atoms with van der Waals surface area (Å²) >= 11 is 0. The van der Waals surface area contributed by atoms with Gasteiger partial charge in [-0.2, -0.15) is 0 Å². The first kappa shape index (κ1) is 27.2. The molecule has 0 saturated carbocycles. The number of benzene rings is 2. The quantitative estimate of drug-likeness (QED) is 0.0842. The smallest absolute Gasteiger partial charge is 0.190 e. The molecule has 2 aromatic heterocycles. The molecule has 36 heavy (non-hydrogen) atoms. The summed E-state index contributed by atoms with van der Waals surface area (Å²) in [5.41, 5.74) is 8.46. The normalized spacial score (nSPS) is 12.9. The third-order valence-corrected chi connectivity index (χ3v) is 6.37. The molecule has 0 fully saturated rings. The van der Waals surface area contributed by atoms with E-state index in [4.69, 9.17) is 9.52 Å². The summed E-state index contributed by atoms with van der Waals surface area (Å²) < 4.78 is 6.38. The van der Waals surface area contributed by atoms with E-state index in [0.29, 0.717) is 11.3 Å². The number of fused-ring (bicyclic) bond motifs is 4. The van der Waals surface area contributed by atoms with Crippen LogP contribution in [0.1, 0.15) is 48.9 Å². The van der Waals surface area contributed by atoms with Gasteiger partial charge in [-0.05, 0) is 81.7 Å². The molecule has 0 aliphatic heterocycles. The van der Waals surface area contributed by atoms with Gasteiger partial charge in [0.15, 0.2) is 11.5 Å². The van der Waals surface area contributed by atoms with Crippen molar-refractivity contribution in [2.24, 2.45) is 0 Å². The minimum Gasteiger partial charge on any atom is -0.512 e. The van der Waals surface area contributed by atoms with Crippen molar-refractivity contribution < 1.29 is 39.3 Å². The molecule has 7 nitrogen and oxygen atoms in total. The van der Waals surface area contributed by atoms with Crippen LogP contribution in [0.3, 0.4) is 0 Å². The standard InChI is InChI=1S/C23H19N2O3.C5H8O2.Ir/c1-13-17-5-3-4-6-18(17)14(2)22-20(13)19-11-12-24-21(23(19)28-22)15-7-9-16(10-8-15)25(26)27;1-4(6)3-5(2)7;/h7,9-12H,3-6H2,1-2H3;3,6H,1-2H3;/q-1;;/b;4-3-;. The Morgan fingerprint density at radius 3 is 2.31 bits per heavy atom. The van der Waals surface area contributed by atoms with Gasteiger partial charge in [0.2, 0.25) is 0 Å². The molecular formula is C28H27IrN2O5-. The molecule has 0 atom stereocenters. The van der Waals surface area contributed by atoms with E-state index in [0.717, 1.165) is 29.4 Å². The number of aryl methyl sites for hydroxylation is 2. The van der Waals surface area contributed by atoms with Crippen LogP contribution >= 0.6 is 0 Å². The van der Waals surface area contributed by atoms with Gasteiger partial charge in [-0.15, -0.1) is 17.7 Å². The zero-order chi connectivity index (χ0) is 25.3. The van der Waals surface area contributed by atoms with Gasteiger partial charge in [-0.3, -0.25) is 14.9 Å². The number of aliphatic hydroxyl groups is 1. The van der Waals surface area contributed by atoms with Crippen molar-refractivity contribution in [2.75, 3.05) is 0 Å². The molecule has 0 amide bonds. The topological polar surface area (TPSA) is 106 Å². The second kappa shape index (κ2) is 11.1. The number of non-ortho nitro benzene ring substituents is 1. The molecule has 1 aliphatic carbocycles. The van der Waals surface area contributed by atoms with Crippen LogP contribution in [0.5, 0.6) is 0 Å². The zero-order valence-corrected chi connectivity index (χ0v) is 23.0. The molecule has 2 aromatic carbocycles. The van der Waals surface area contributed by atoms with Crippen LogP contribution < -0.4 is 0 Å². The number of nitrogens with zero attached hydrogens (tertiary/aromatic N) is 2. The van der Waals surface area contributed by atoms with Crippen LogP contribution in [0, 0.1) is 30.0 Å². The number of nitro benzene ring substituents is 1. The first-order valence-corrected chi connectivity index (χ1v) is 11.6. The van der Waals surface area contributed by atoms with Gasteiger partial charge in [0.05, 0.1) is 5.76 Å². The van der Waals surface area contributed by atoms with Crippen LogP contribution in [0.2, 0.25) is 0 Å². The number of furan rings is 1. The average molecular weight is 664 g/mol. The maximum Gasteiger partial charge on any atom is 0.190 e. The Labute approximate surface area is 222 Å². The molecule has 5 rings (SSSR count). The Morgan fingerprint density at radius 1 is 1.11 bits per heavy atom. The monoisotopic (exact) mass is 664 g/mol. The second-order valence-electron chi connectivity index (χ2n) is 8.87. The number of aromatic nitrogens is 1. The number of allylic oxidation sites excluding steroid dienone is 2. The number of nitro groups is 1. The number of carbonyl (C=O) groups excluding carboxylic acids is 1. The Kier molecular flexibility index (Phi) is 8.43. The summed E-state index contributed by atoms with van der Waals surface area (Å²) in [6.45, 7) is 7.19. The van der Waals surface area contributed by atoms with Crippen molar-refractivity contribution in [3.05, 3.63) is 80.7 Å². The van der Waals surface area contributed by atoms with E-state index >= 15 is 0 Å². The van der Waals surface area contributed by atoms with Crippen molar-refractivity contribution in [3.63, 3.8) is 0 Å². The van der Waals surface area contributed by atoms with Gasteiger partial charge in [0.1, 0.15) is 11.2 Å². The second-order valence-corrected chi connectivity index (χ2v) is 8.87. The molecule has 0 spiro atoms. The summed E-state index contributed by atoms with van der Waals surface area (Å²) in [6.07, 6.45) is 7.63. The molecule has 1 N–H and O–H groups in total. The van der Waals surface area contributed by atoms with Crippen LogP contribution in [0.25, 0.3) is 33.2 Å². The average Bonchev–Trinajstić information content (AvgIpc) is 3.22. The third kappa shape index (κ3) is 5.25. The van der Waals surface area contributed by atoms with Gasteiger partial charge < -0.3 is 14.5 Å². The third-order valence-electron chi connectivity index (χ3n) is 6.37. The SMILES string of the molecule is CC(=O)/C=C(/C)O.Cc1c2c(c(C)c3c1oc1c(-c4[c-]cc([N+](=O)[O-])cc4)nccc13)CCCC2.[Ir]. The summed E-state index contributed by atoms with van der Waals surface area (Å²) in [5, 5.41) is 21.5. The van der Waals surface area contributed by atoms with E-state index in [9.17, 15) is 14.9 Å². The van der Waals surface area contributed by atoms with Gasteiger partial charge in [0.25, 0.3) is 0 Å². The summed E-state index contributed by atoms with van der Waals surface area (Å²) in [7, 11) is 0. The molecule has 1 aliphatic rings. The van der Waals surface area contributed by atoms with Gasteiger partial charge in [0, 0.05) is 53.8 Å². The molecule has 1 radical (unpaired) electrons. The number of carbonyl (C=O) groups is 1. The minimum atomic E-state index is -0.424. The Hall–Kier alpha value is -3.35. The number of rotatable bonds is 3. The minimum absolute atomic E-state index is 0. The Bertz CT molecular complexity index is 1480. The first-order valence-electron chi connectivity index (χ1n) is 11.6. The molecule has 0 unspecified atom stereocenters. The van der Waals surface area contributed by atoms with Crippen LogP contribution in [0.4, 0.5) is 5.69 Å². The van der Waals surface area contributed by atoms with Gasteiger partial charge in [-0.25, -0.2) is 0 Å². The summed E-state index contributed by atoms with van der Waals surface area (Å²) in [6, 6.07) is 9.53. The fourth-order valence-corrected chi connectivity index (χ4v) is 4.84. The fourth-order valence-electron chi connectivity index (χ4n) is 4.84. The molecule has 0 saturated heterocycles. The largest absolute Gasteiger partial charge is 0.512 e. The van der Waals surface area contributed by atoms with Crippen molar-refractivity contribution in [1.29, 1.82) is 0 Å². The summed E-state index contributed by atoms with van der Waals surface area (Å²) in [5.74, 6) is -0.0625. The van der Waals surface area contributed by atoms with Crippen LogP contribution in [-0.4, -0.2) is 20.8 Å². The molecule has 0 bridgehead atoms. The zero-order valence-electron chi connectivity index (χ0n) is 20.6. The number of hydrogen-bond acceptors (Lipinski definition) is 6. The number of ketones is 1. The van der Waals surface area contributed by atoms with E-state index in [2.05, 4.69) is 24.9 Å². The Morgan fingerprint density at radius 2 is 1.78 bits per heavy atom. The molecule has 8 heteroatoms. The fraction of sp³-hybridized carbons (Fsp3) is 0.286. The molecule has 2 heterocycles. The molecule has 4 aromatic rings. The van der Waals surface area contributed by atoms with E-state index in [1.165, 1.54) is 72.5 Å². The van der Waals surface area contributed by atoms with Crippen LogP contribution in [-0.2, 0) is 37.7 Å². The van der Waals surface area contributed by atoms with Crippen molar-refractivity contribution in [2.45, 2.75) is 53.4 Å². The first-order chi connectivity index (χ1) is 16.7. The number of pyridine rings is 1. The molecular weight excluding hydrogens is 637 g/mol. The van der Waals surface area contributed by atoms with Gasteiger partial charge >= 0.3 is 0 Å². The van der Waals surface area contributed by atoms with E-state index in [-0.39, 0.29) is 37.3 Å². The molecule has 189 valence electrons. The maximum absolute atomic E-state index is 10.9. The Balaban J connectivity index is 0.000000400. The predicted molar refractivity (Wildman–Crippen MR) is 136 cm³/mol. The van der Waals surface area contributed by atoms with E-state index in [1.807, 2.05) is 6.07 Å². The van der Waals surface area contributed by atoms with E-state index < -0.39 is 4.92 Å². The maximum atomic E-state index is 10.9.